The Morgan fingerprint density at radius 3 is 2.13 bits per heavy atom. The van der Waals surface area contributed by atoms with Gasteiger partial charge in [-0.1, -0.05) is 59.7 Å². The maximum Gasteiger partial charge on any atom is 0.303 e. The largest absolute Gasteiger partial charge is 0.457 e. The van der Waals surface area contributed by atoms with Crippen molar-refractivity contribution in [1.82, 2.24) is 19.6 Å². The summed E-state index contributed by atoms with van der Waals surface area (Å²) in [5.74, 6) is -3.02. The number of benzene rings is 2. The normalized spacial score (nSPS) is 43.0. The summed E-state index contributed by atoms with van der Waals surface area (Å²) < 4.78 is 22.4. The highest BCUT2D eigenvalue weighted by molar-refractivity contribution is 8.78. The minimum absolute atomic E-state index is 0.213. The Labute approximate surface area is 314 Å². The van der Waals surface area contributed by atoms with Gasteiger partial charge in [-0.3, -0.25) is 28.9 Å². The predicted molar refractivity (Wildman–Crippen MR) is 194 cm³/mol. The SMILES string of the molecule is CC[C@@]12SS[C@]3(C(=O)N1C)[C@@H](O)[C@]1([C@@]45c6cc(F)ccc6N[C@@H]4N4C(=O)[C@]6(CC)SS[C@]4(C(=O)N6C)[C@H]5OC(C)=O)c4ccccc4C[C@@H]1N3C2=O. The molecule has 1 aliphatic carbocycles. The van der Waals surface area contributed by atoms with Gasteiger partial charge >= 0.3 is 5.97 Å². The van der Waals surface area contributed by atoms with Crippen LogP contribution in [0.3, 0.4) is 0 Å². The number of amides is 4. The summed E-state index contributed by atoms with van der Waals surface area (Å²) >= 11 is 0. The molecule has 272 valence electrons. The van der Waals surface area contributed by atoms with Crippen molar-refractivity contribution < 1.29 is 38.2 Å². The fraction of sp³-hybridized carbons (Fsp3) is 0.514. The number of carbonyl (C=O) groups is 5. The maximum absolute atomic E-state index is 15.9. The van der Waals surface area contributed by atoms with Crippen LogP contribution in [0, 0.1) is 5.82 Å². The molecule has 2 N–H and O–H groups in total. The average molecular weight is 784 g/mol. The van der Waals surface area contributed by atoms with Crippen LogP contribution < -0.4 is 5.32 Å². The molecule has 0 radical (unpaired) electrons. The molecular formula is C35H34FN5O7S4. The maximum atomic E-state index is 15.9. The molecule has 2 aromatic carbocycles. The number of aliphatic hydroxyl groups excluding tert-OH is 1. The van der Waals surface area contributed by atoms with Crippen molar-refractivity contribution in [2.75, 3.05) is 19.4 Å². The first-order chi connectivity index (χ1) is 24.7. The van der Waals surface area contributed by atoms with Gasteiger partial charge in [-0.05, 0) is 75.7 Å². The second-order valence-electron chi connectivity index (χ2n) is 14.8. The highest BCUT2D eigenvalue weighted by atomic mass is 33.1. The molecule has 17 heteroatoms. The van der Waals surface area contributed by atoms with Crippen LogP contribution in [-0.2, 0) is 46.0 Å². The number of hydrogen-bond acceptors (Lipinski definition) is 12. The minimum Gasteiger partial charge on any atom is -0.457 e. The molecule has 4 amide bonds. The number of piperazine rings is 2. The lowest BCUT2D eigenvalue weighted by Crippen LogP contribution is -2.78. The van der Waals surface area contributed by atoms with Crippen molar-refractivity contribution in [2.45, 2.75) is 94.8 Å². The van der Waals surface area contributed by atoms with Crippen molar-refractivity contribution in [2.24, 2.45) is 0 Å². The van der Waals surface area contributed by atoms with Crippen LogP contribution in [0.25, 0.3) is 0 Å². The molecule has 9 heterocycles. The van der Waals surface area contributed by atoms with Gasteiger partial charge in [0.2, 0.25) is 9.74 Å². The number of hydrogen-bond donors (Lipinski definition) is 2. The van der Waals surface area contributed by atoms with E-state index in [9.17, 15) is 14.7 Å². The van der Waals surface area contributed by atoms with Gasteiger partial charge in [-0.25, -0.2) is 4.39 Å². The van der Waals surface area contributed by atoms with Gasteiger partial charge in [0.15, 0.2) is 15.8 Å². The standard InChI is InChI=1S/C35H34FN5O7S4/c1-6-30-26(44)40-22-14-17-10-8-9-11-19(17)32(22,23(43)34(40,51-49-30)28(46)38(30)4)33-20-15-18(36)12-13-21(20)37-25(33)41-27(45)31(7-2)39(5)29(47)35(41,52-50-31)24(33)48-16(3)42/h8-13,15,22-25,37,43H,6-7,14H2,1-5H3/t22-,23-,24-,25+,30-,31-,32-,33+,34-,35-/m0/s1. The molecule has 9 aliphatic heterocycles. The number of fused-ring (bicyclic) bond motifs is 11. The molecule has 2 aromatic rings. The van der Waals surface area contributed by atoms with Crippen LogP contribution in [0.2, 0.25) is 0 Å². The average Bonchev–Trinajstić information content (AvgIpc) is 3.78. The number of likely N-dealkylation sites (N-methyl/N-ethyl adjacent to an activating group) is 2. The number of nitrogens with one attached hydrogen (secondary N) is 1. The van der Waals surface area contributed by atoms with E-state index in [0.717, 1.165) is 27.2 Å². The summed E-state index contributed by atoms with van der Waals surface area (Å²) in [7, 11) is 7.92. The molecule has 10 aliphatic rings. The third-order valence-electron chi connectivity index (χ3n) is 13.4. The lowest BCUT2D eigenvalue weighted by molar-refractivity contribution is -0.172. The molecule has 0 saturated carbocycles. The lowest BCUT2D eigenvalue weighted by atomic mass is 9.51. The van der Waals surface area contributed by atoms with Crippen molar-refractivity contribution in [3.63, 3.8) is 0 Å². The summed E-state index contributed by atoms with van der Waals surface area (Å²) in [6.45, 7) is 4.90. The Kier molecular flexibility index (Phi) is 6.40. The summed E-state index contributed by atoms with van der Waals surface area (Å²) in [6.07, 6.45) is -3.60. The zero-order valence-electron chi connectivity index (χ0n) is 28.7. The number of halogens is 1. The molecule has 8 saturated heterocycles. The first kappa shape index (κ1) is 33.4. The fourth-order valence-electron chi connectivity index (χ4n) is 11.3. The molecular weight excluding hydrogens is 750 g/mol. The van der Waals surface area contributed by atoms with E-state index >= 15 is 18.8 Å². The van der Waals surface area contributed by atoms with Gasteiger partial charge in [0, 0.05) is 26.7 Å². The number of ether oxygens (including phenoxy) is 1. The van der Waals surface area contributed by atoms with E-state index in [0.29, 0.717) is 17.7 Å². The van der Waals surface area contributed by atoms with E-state index in [-0.39, 0.29) is 24.3 Å². The van der Waals surface area contributed by atoms with E-state index in [1.54, 1.807) is 25.1 Å². The van der Waals surface area contributed by atoms with Crippen LogP contribution in [0.4, 0.5) is 10.1 Å². The van der Waals surface area contributed by atoms with E-state index in [1.165, 1.54) is 55.3 Å². The fourth-order valence-corrected chi connectivity index (χ4v) is 19.2. The quantitative estimate of drug-likeness (QED) is 0.348. The predicted octanol–water partition coefficient (Wildman–Crippen LogP) is 2.99. The lowest BCUT2D eigenvalue weighted by Gasteiger charge is -2.59. The highest BCUT2D eigenvalue weighted by Gasteiger charge is 2.93. The van der Waals surface area contributed by atoms with Gasteiger partial charge in [-0.15, -0.1) is 0 Å². The van der Waals surface area contributed by atoms with Gasteiger partial charge in [-0.2, -0.15) is 0 Å². The minimum atomic E-state index is -1.87. The van der Waals surface area contributed by atoms with Gasteiger partial charge in [0.05, 0.1) is 16.9 Å². The summed E-state index contributed by atoms with van der Waals surface area (Å²) in [5, 5.41) is 17.1. The second-order valence-corrected chi connectivity index (χ2v) is 20.1. The number of carbonyl (C=O) groups excluding carboxylic acids is 5. The molecule has 2 spiro atoms. The summed E-state index contributed by atoms with van der Waals surface area (Å²) in [5.41, 5.74) is -1.47. The molecule has 10 atom stereocenters. The summed E-state index contributed by atoms with van der Waals surface area (Å²) in [4.78, 5) is 73.5. The zero-order chi connectivity index (χ0) is 36.7. The molecule has 4 bridgehead atoms. The van der Waals surface area contributed by atoms with E-state index in [2.05, 4.69) is 5.32 Å². The molecule has 12 rings (SSSR count). The van der Waals surface area contributed by atoms with Gasteiger partial charge in [0.25, 0.3) is 23.6 Å². The van der Waals surface area contributed by atoms with Crippen molar-refractivity contribution in [3.05, 3.63) is 65.0 Å². The van der Waals surface area contributed by atoms with Gasteiger partial charge < -0.3 is 29.9 Å². The van der Waals surface area contributed by atoms with Crippen molar-refractivity contribution in [1.29, 1.82) is 0 Å². The van der Waals surface area contributed by atoms with Crippen LogP contribution in [0.5, 0.6) is 0 Å². The molecule has 12 nitrogen and oxygen atoms in total. The molecule has 52 heavy (non-hydrogen) atoms. The number of nitrogens with zero attached hydrogens (tertiary/aromatic N) is 4. The highest BCUT2D eigenvalue weighted by Crippen LogP contribution is 2.79. The first-order valence-corrected chi connectivity index (χ1v) is 21.5. The van der Waals surface area contributed by atoms with E-state index < -0.39 is 84.2 Å². The smallest absolute Gasteiger partial charge is 0.303 e. The third-order valence-corrected chi connectivity index (χ3v) is 20.9. The topological polar surface area (TPSA) is 140 Å². The van der Waals surface area contributed by atoms with Crippen molar-refractivity contribution >= 4 is 78.5 Å². The Bertz CT molecular complexity index is 2110. The Hall–Kier alpha value is -3.12. The van der Waals surface area contributed by atoms with E-state index in [1.807, 2.05) is 38.1 Å². The molecule has 0 aromatic heterocycles. The summed E-state index contributed by atoms with van der Waals surface area (Å²) in [6, 6.07) is 10.6. The Morgan fingerprint density at radius 1 is 0.865 bits per heavy atom. The second kappa shape index (κ2) is 9.94. The number of aliphatic hydroxyl groups is 1. The van der Waals surface area contributed by atoms with E-state index in [4.69, 9.17) is 4.74 Å². The monoisotopic (exact) mass is 783 g/mol. The molecule has 0 unspecified atom stereocenters. The van der Waals surface area contributed by atoms with Crippen LogP contribution in [0.1, 0.15) is 50.3 Å². The van der Waals surface area contributed by atoms with Crippen LogP contribution in [0.15, 0.2) is 42.5 Å². The first-order valence-electron chi connectivity index (χ1n) is 17.2. The van der Waals surface area contributed by atoms with Crippen LogP contribution in [-0.4, -0.2) is 112 Å². The number of rotatable bonds is 4. The van der Waals surface area contributed by atoms with Crippen LogP contribution >= 0.6 is 43.2 Å². The third kappa shape index (κ3) is 2.98. The number of esters is 1. The number of anilines is 1. The van der Waals surface area contributed by atoms with Crippen molar-refractivity contribution in [3.8, 4) is 0 Å². The Morgan fingerprint density at radius 2 is 1.48 bits per heavy atom. The Balaban J connectivity index is 1.38. The van der Waals surface area contributed by atoms with Gasteiger partial charge in [0.1, 0.15) is 18.1 Å². The molecule has 8 fully saturated rings. The zero-order valence-corrected chi connectivity index (χ0v) is 31.9.